The first-order valence-electron chi connectivity index (χ1n) is 11.0. The van der Waals surface area contributed by atoms with Crippen LogP contribution < -0.4 is 9.47 Å². The molecule has 1 aliphatic rings. The Bertz CT molecular complexity index is 1160. The number of alkyl halides is 3. The molecule has 0 spiro atoms. The molecule has 1 aromatic heterocycles. The smallest absolute Gasteiger partial charge is 0.416 e. The van der Waals surface area contributed by atoms with Crippen molar-refractivity contribution in [1.82, 2.24) is 9.88 Å². The van der Waals surface area contributed by atoms with E-state index < -0.39 is 17.6 Å². The number of carbonyl (C=O) groups is 1. The number of rotatable bonds is 7. The Morgan fingerprint density at radius 3 is 2.38 bits per heavy atom. The average molecular weight is 470 g/mol. The second-order valence-electron chi connectivity index (χ2n) is 8.20. The molecule has 0 saturated carbocycles. The number of aromatic nitrogens is 1. The number of benzene rings is 2. The van der Waals surface area contributed by atoms with Crippen LogP contribution in [0.4, 0.5) is 13.2 Å². The molecule has 8 heteroatoms. The van der Waals surface area contributed by atoms with Crippen LogP contribution in [0.1, 0.15) is 45.6 Å². The summed E-state index contributed by atoms with van der Waals surface area (Å²) in [6.07, 6.45) is -2.53. The molecular weight excluding hydrogens is 445 g/mol. The summed E-state index contributed by atoms with van der Waals surface area (Å²) in [6, 6.07) is 15.5. The van der Waals surface area contributed by atoms with Gasteiger partial charge in [-0.15, -0.1) is 0 Å². The van der Waals surface area contributed by atoms with Crippen LogP contribution in [0.2, 0.25) is 0 Å². The number of carbonyl (C=O) groups excluding carboxylic acids is 1. The number of amides is 1. The highest BCUT2D eigenvalue weighted by Crippen LogP contribution is 2.36. The average Bonchev–Trinajstić information content (AvgIpc) is 2.82. The summed E-state index contributed by atoms with van der Waals surface area (Å²) < 4.78 is 50.2. The van der Waals surface area contributed by atoms with Gasteiger partial charge in [-0.25, -0.2) is 0 Å². The van der Waals surface area contributed by atoms with Crippen LogP contribution >= 0.6 is 0 Å². The van der Waals surface area contributed by atoms with Crippen LogP contribution in [-0.2, 0) is 19.2 Å². The predicted octanol–water partition coefficient (Wildman–Crippen LogP) is 5.49. The normalized spacial score (nSPS) is 14.0. The summed E-state index contributed by atoms with van der Waals surface area (Å²) in [5, 5.41) is 0. The van der Waals surface area contributed by atoms with Crippen molar-refractivity contribution in [2.24, 2.45) is 0 Å². The molecule has 0 aliphatic carbocycles. The number of nitrogens with zero attached hydrogens (tertiary/aromatic N) is 2. The van der Waals surface area contributed by atoms with Crippen molar-refractivity contribution in [2.75, 3.05) is 20.2 Å². The zero-order valence-electron chi connectivity index (χ0n) is 18.9. The van der Waals surface area contributed by atoms with Gasteiger partial charge in [-0.05, 0) is 47.4 Å². The first-order chi connectivity index (χ1) is 16.3. The van der Waals surface area contributed by atoms with Crippen molar-refractivity contribution < 1.29 is 27.4 Å². The Balaban J connectivity index is 1.38. The van der Waals surface area contributed by atoms with Crippen molar-refractivity contribution in [3.63, 3.8) is 0 Å². The Morgan fingerprint density at radius 1 is 1.03 bits per heavy atom. The van der Waals surface area contributed by atoms with Gasteiger partial charge >= 0.3 is 6.18 Å². The lowest BCUT2D eigenvalue weighted by molar-refractivity contribution is -0.137. The highest BCUT2D eigenvalue weighted by molar-refractivity contribution is 5.93. The molecule has 5 nitrogen and oxygen atoms in total. The number of likely N-dealkylation sites (tertiary alicyclic amines) is 1. The van der Waals surface area contributed by atoms with E-state index in [0.29, 0.717) is 31.2 Å². The molecule has 34 heavy (non-hydrogen) atoms. The number of hydrogen-bond acceptors (Lipinski definition) is 4. The lowest BCUT2D eigenvalue weighted by Crippen LogP contribution is -2.48. The lowest BCUT2D eigenvalue weighted by Gasteiger charge is -2.39. The molecule has 2 aromatic carbocycles. The van der Waals surface area contributed by atoms with E-state index in [1.165, 1.54) is 10.5 Å². The van der Waals surface area contributed by atoms with Gasteiger partial charge in [0.2, 0.25) is 0 Å². The fraction of sp³-hybridized carbons (Fsp3) is 0.308. The number of methoxy groups -OCH3 is 1. The first kappa shape index (κ1) is 23.6. The van der Waals surface area contributed by atoms with Crippen LogP contribution in [0, 0.1) is 0 Å². The monoisotopic (exact) mass is 470 g/mol. The molecule has 178 valence electrons. The second-order valence-corrected chi connectivity index (χ2v) is 8.20. The summed E-state index contributed by atoms with van der Waals surface area (Å²) in [5.74, 6) is 0.751. The Hall–Kier alpha value is -3.55. The number of ether oxygens (including phenoxy) is 2. The van der Waals surface area contributed by atoms with Gasteiger partial charge < -0.3 is 14.4 Å². The summed E-state index contributed by atoms with van der Waals surface area (Å²) in [4.78, 5) is 17.9. The highest BCUT2D eigenvalue weighted by atomic mass is 19.4. The van der Waals surface area contributed by atoms with Gasteiger partial charge in [0.05, 0.1) is 12.7 Å². The minimum Gasteiger partial charge on any atom is -0.493 e. The van der Waals surface area contributed by atoms with Gasteiger partial charge in [-0.3, -0.25) is 9.78 Å². The van der Waals surface area contributed by atoms with E-state index in [-0.39, 0.29) is 11.6 Å². The molecule has 4 rings (SSSR count). The molecule has 1 amide bonds. The van der Waals surface area contributed by atoms with Gasteiger partial charge in [0.25, 0.3) is 5.91 Å². The molecule has 1 aliphatic heterocycles. The van der Waals surface area contributed by atoms with Crippen LogP contribution in [0.5, 0.6) is 11.5 Å². The molecule has 0 N–H and O–H groups in total. The number of halogens is 3. The third-order valence-electron chi connectivity index (χ3n) is 5.96. The maximum Gasteiger partial charge on any atom is 0.416 e. The van der Waals surface area contributed by atoms with E-state index >= 15 is 0 Å². The largest absolute Gasteiger partial charge is 0.493 e. The van der Waals surface area contributed by atoms with Gasteiger partial charge in [0.1, 0.15) is 12.3 Å². The number of pyridine rings is 1. The minimum atomic E-state index is -4.52. The van der Waals surface area contributed by atoms with Crippen LogP contribution in [-0.4, -0.2) is 36.0 Å². The number of hydrogen-bond donors (Lipinski definition) is 0. The maximum absolute atomic E-state index is 12.9. The number of aryl methyl sites for hydroxylation is 1. The quantitative estimate of drug-likeness (QED) is 0.458. The SMILES string of the molecule is CCc1ccc(COc2ccc(C3CN(C(=O)c4cc(C(F)(F)F)ccn4)C3)cc2OC)cc1. The molecule has 1 fully saturated rings. The molecule has 3 aromatic rings. The van der Waals surface area contributed by atoms with Gasteiger partial charge in [0, 0.05) is 25.2 Å². The molecule has 0 bridgehead atoms. The van der Waals surface area contributed by atoms with Gasteiger partial charge in [0.15, 0.2) is 11.5 Å². The Morgan fingerprint density at radius 2 is 1.74 bits per heavy atom. The summed E-state index contributed by atoms with van der Waals surface area (Å²) >= 11 is 0. The van der Waals surface area contributed by atoms with E-state index in [0.717, 1.165) is 35.9 Å². The first-order valence-corrected chi connectivity index (χ1v) is 11.0. The molecule has 2 heterocycles. The third-order valence-corrected chi connectivity index (χ3v) is 5.96. The molecule has 1 saturated heterocycles. The van der Waals surface area contributed by atoms with Crippen molar-refractivity contribution in [2.45, 2.75) is 32.0 Å². The lowest BCUT2D eigenvalue weighted by atomic mass is 9.91. The van der Waals surface area contributed by atoms with E-state index in [2.05, 4.69) is 24.0 Å². The zero-order chi connectivity index (χ0) is 24.3. The highest BCUT2D eigenvalue weighted by Gasteiger charge is 2.35. The third kappa shape index (κ3) is 5.16. The van der Waals surface area contributed by atoms with Gasteiger partial charge in [-0.2, -0.15) is 13.2 Å². The Kier molecular flexibility index (Phi) is 6.77. The maximum atomic E-state index is 12.9. The van der Waals surface area contributed by atoms with Crippen LogP contribution in [0.3, 0.4) is 0 Å². The Labute approximate surface area is 196 Å². The molecular formula is C26H25F3N2O3. The molecule has 0 radical (unpaired) electrons. The van der Waals surface area contributed by atoms with Crippen molar-refractivity contribution in [1.29, 1.82) is 0 Å². The van der Waals surface area contributed by atoms with Crippen LogP contribution in [0.25, 0.3) is 0 Å². The van der Waals surface area contributed by atoms with E-state index in [9.17, 15) is 18.0 Å². The van der Waals surface area contributed by atoms with Crippen molar-refractivity contribution in [3.8, 4) is 11.5 Å². The summed E-state index contributed by atoms with van der Waals surface area (Å²) in [7, 11) is 1.57. The predicted molar refractivity (Wildman–Crippen MR) is 121 cm³/mol. The van der Waals surface area contributed by atoms with Gasteiger partial charge in [-0.1, -0.05) is 37.3 Å². The summed E-state index contributed by atoms with van der Waals surface area (Å²) in [5.41, 5.74) is 2.20. The topological polar surface area (TPSA) is 51.7 Å². The fourth-order valence-corrected chi connectivity index (χ4v) is 3.83. The molecule has 0 atom stereocenters. The molecule has 0 unspecified atom stereocenters. The van der Waals surface area contributed by atoms with Crippen molar-refractivity contribution >= 4 is 5.91 Å². The fourth-order valence-electron chi connectivity index (χ4n) is 3.83. The second kappa shape index (κ2) is 9.75. The summed E-state index contributed by atoms with van der Waals surface area (Å²) in [6.45, 7) is 3.31. The zero-order valence-corrected chi connectivity index (χ0v) is 18.9. The van der Waals surface area contributed by atoms with E-state index in [1.54, 1.807) is 7.11 Å². The van der Waals surface area contributed by atoms with Crippen molar-refractivity contribution in [3.05, 3.63) is 88.7 Å². The van der Waals surface area contributed by atoms with E-state index in [4.69, 9.17) is 9.47 Å². The van der Waals surface area contributed by atoms with E-state index in [1.807, 2.05) is 30.3 Å². The van der Waals surface area contributed by atoms with Crippen LogP contribution in [0.15, 0.2) is 60.8 Å². The standard InChI is InChI=1S/C26H25F3N2O3/c1-3-17-4-6-18(7-5-17)16-34-23-9-8-19(12-24(23)33-2)20-14-31(15-20)25(32)22-13-21(10-11-30-22)26(27,28)29/h4-13,20H,3,14-16H2,1-2H3. The minimum absolute atomic E-state index is 0.0549.